The van der Waals surface area contributed by atoms with Crippen molar-refractivity contribution in [2.75, 3.05) is 20.2 Å². The molecular weight excluding hydrogens is 224 g/mol. The molecule has 3 nitrogen and oxygen atoms in total. The summed E-state index contributed by atoms with van der Waals surface area (Å²) in [6.07, 6.45) is 1.24. The van der Waals surface area contributed by atoms with Crippen molar-refractivity contribution in [3.05, 3.63) is 29.8 Å². The fourth-order valence-corrected chi connectivity index (χ4v) is 2.52. The van der Waals surface area contributed by atoms with E-state index in [1.54, 1.807) is 0 Å². The fraction of sp³-hybridized carbons (Fsp3) is 0.600. The lowest BCUT2D eigenvalue weighted by atomic mass is 10.1. The van der Waals surface area contributed by atoms with E-state index in [4.69, 9.17) is 4.74 Å². The second-order valence-electron chi connectivity index (χ2n) is 5.18. The van der Waals surface area contributed by atoms with Crippen LogP contribution in [0.5, 0.6) is 5.75 Å². The molecule has 0 bridgehead atoms. The van der Waals surface area contributed by atoms with Gasteiger partial charge in [0.05, 0.1) is 6.61 Å². The Balaban J connectivity index is 1.84. The lowest BCUT2D eigenvalue weighted by Gasteiger charge is -2.13. The van der Waals surface area contributed by atoms with Gasteiger partial charge < -0.3 is 15.0 Å². The molecule has 1 aromatic rings. The monoisotopic (exact) mass is 248 g/mol. The molecule has 0 saturated carbocycles. The fourth-order valence-electron chi connectivity index (χ4n) is 2.52. The van der Waals surface area contributed by atoms with E-state index in [1.165, 1.54) is 12.0 Å². The SMILES string of the molecule is CCOc1cccc(CNC2CC(C)N(C)C2)c1. The van der Waals surface area contributed by atoms with Crippen LogP contribution in [-0.2, 0) is 6.54 Å². The van der Waals surface area contributed by atoms with Crippen molar-refractivity contribution in [3.63, 3.8) is 0 Å². The summed E-state index contributed by atoms with van der Waals surface area (Å²) >= 11 is 0. The van der Waals surface area contributed by atoms with Gasteiger partial charge >= 0.3 is 0 Å². The Labute approximate surface area is 110 Å². The molecule has 0 aromatic heterocycles. The molecule has 18 heavy (non-hydrogen) atoms. The molecule has 1 saturated heterocycles. The molecule has 3 heteroatoms. The van der Waals surface area contributed by atoms with E-state index in [0.29, 0.717) is 12.1 Å². The molecule has 100 valence electrons. The highest BCUT2D eigenvalue weighted by Gasteiger charge is 2.25. The van der Waals surface area contributed by atoms with Crippen LogP contribution in [0.2, 0.25) is 0 Å². The Morgan fingerprint density at radius 3 is 2.94 bits per heavy atom. The highest BCUT2D eigenvalue weighted by molar-refractivity contribution is 5.28. The van der Waals surface area contributed by atoms with Crippen LogP contribution in [0.4, 0.5) is 0 Å². The first-order chi connectivity index (χ1) is 8.69. The Kier molecular flexibility index (Phi) is 4.61. The van der Waals surface area contributed by atoms with Crippen LogP contribution >= 0.6 is 0 Å². The largest absolute Gasteiger partial charge is 0.494 e. The van der Waals surface area contributed by atoms with Gasteiger partial charge in [0.15, 0.2) is 0 Å². The van der Waals surface area contributed by atoms with Crippen molar-refractivity contribution < 1.29 is 4.74 Å². The molecule has 1 N–H and O–H groups in total. The number of rotatable bonds is 5. The van der Waals surface area contributed by atoms with Crippen LogP contribution < -0.4 is 10.1 Å². The van der Waals surface area contributed by atoms with Crippen molar-refractivity contribution in [1.29, 1.82) is 0 Å². The van der Waals surface area contributed by atoms with E-state index in [2.05, 4.69) is 42.4 Å². The summed E-state index contributed by atoms with van der Waals surface area (Å²) in [6, 6.07) is 9.65. The van der Waals surface area contributed by atoms with Gasteiger partial charge in [-0.05, 0) is 45.0 Å². The van der Waals surface area contributed by atoms with Crippen molar-refractivity contribution in [2.24, 2.45) is 0 Å². The van der Waals surface area contributed by atoms with Crippen molar-refractivity contribution >= 4 is 0 Å². The van der Waals surface area contributed by atoms with Gasteiger partial charge in [-0.25, -0.2) is 0 Å². The summed E-state index contributed by atoms with van der Waals surface area (Å²) in [7, 11) is 2.20. The number of likely N-dealkylation sites (N-methyl/N-ethyl adjacent to an activating group) is 1. The lowest BCUT2D eigenvalue weighted by Crippen LogP contribution is -2.31. The zero-order valence-corrected chi connectivity index (χ0v) is 11.6. The molecule has 2 atom stereocenters. The van der Waals surface area contributed by atoms with Gasteiger partial charge in [-0.1, -0.05) is 12.1 Å². The third kappa shape index (κ3) is 3.47. The van der Waals surface area contributed by atoms with Crippen LogP contribution in [0.25, 0.3) is 0 Å². The van der Waals surface area contributed by atoms with Crippen LogP contribution in [0.1, 0.15) is 25.8 Å². The van der Waals surface area contributed by atoms with E-state index in [1.807, 2.05) is 13.0 Å². The second-order valence-corrected chi connectivity index (χ2v) is 5.18. The molecule has 2 rings (SSSR count). The summed E-state index contributed by atoms with van der Waals surface area (Å²) in [5, 5.41) is 3.63. The minimum absolute atomic E-state index is 0.612. The van der Waals surface area contributed by atoms with E-state index >= 15 is 0 Å². The molecule has 1 heterocycles. The zero-order valence-electron chi connectivity index (χ0n) is 11.6. The first-order valence-corrected chi connectivity index (χ1v) is 6.84. The summed E-state index contributed by atoms with van der Waals surface area (Å²) in [5.74, 6) is 0.966. The first-order valence-electron chi connectivity index (χ1n) is 6.84. The highest BCUT2D eigenvalue weighted by Crippen LogP contribution is 2.17. The molecule has 2 unspecified atom stereocenters. The number of hydrogen-bond acceptors (Lipinski definition) is 3. The summed E-state index contributed by atoms with van der Waals surface area (Å²) in [6.45, 7) is 7.10. The highest BCUT2D eigenvalue weighted by atomic mass is 16.5. The van der Waals surface area contributed by atoms with Gasteiger partial charge in [-0.2, -0.15) is 0 Å². The minimum Gasteiger partial charge on any atom is -0.494 e. The predicted octanol–water partition coefficient (Wildman–Crippen LogP) is 2.27. The molecule has 1 aliphatic rings. The number of nitrogens with one attached hydrogen (secondary N) is 1. The van der Waals surface area contributed by atoms with Crippen molar-refractivity contribution in [2.45, 2.75) is 38.9 Å². The maximum atomic E-state index is 5.52. The third-order valence-electron chi connectivity index (χ3n) is 3.69. The van der Waals surface area contributed by atoms with Gasteiger partial charge in [0.25, 0.3) is 0 Å². The first kappa shape index (κ1) is 13.4. The summed E-state index contributed by atoms with van der Waals surface area (Å²) < 4.78 is 5.52. The number of hydrogen-bond donors (Lipinski definition) is 1. The molecule has 1 aromatic carbocycles. The maximum absolute atomic E-state index is 5.52. The maximum Gasteiger partial charge on any atom is 0.119 e. The Hall–Kier alpha value is -1.06. The standard InChI is InChI=1S/C15H24N2O/c1-4-18-15-7-5-6-13(9-15)10-16-14-8-12(2)17(3)11-14/h5-7,9,12,14,16H,4,8,10-11H2,1-3H3. The van der Waals surface area contributed by atoms with E-state index < -0.39 is 0 Å². The smallest absolute Gasteiger partial charge is 0.119 e. The molecule has 0 radical (unpaired) electrons. The second kappa shape index (κ2) is 6.21. The molecule has 0 amide bonds. The third-order valence-corrected chi connectivity index (χ3v) is 3.69. The van der Waals surface area contributed by atoms with Gasteiger partial charge in [0.2, 0.25) is 0 Å². The molecular formula is C15H24N2O. The van der Waals surface area contributed by atoms with Gasteiger partial charge in [0.1, 0.15) is 5.75 Å². The average Bonchev–Trinajstić information content (AvgIpc) is 2.67. The van der Waals surface area contributed by atoms with Gasteiger partial charge in [-0.15, -0.1) is 0 Å². The summed E-state index contributed by atoms with van der Waals surface area (Å²) in [4.78, 5) is 2.41. The number of ether oxygens (including phenoxy) is 1. The normalized spacial score (nSPS) is 24.4. The Morgan fingerprint density at radius 1 is 1.44 bits per heavy atom. The number of nitrogens with zero attached hydrogens (tertiary/aromatic N) is 1. The van der Waals surface area contributed by atoms with E-state index in [0.717, 1.165) is 25.4 Å². The quantitative estimate of drug-likeness (QED) is 0.865. The zero-order chi connectivity index (χ0) is 13.0. The van der Waals surface area contributed by atoms with Crippen LogP contribution in [0, 0.1) is 0 Å². The van der Waals surface area contributed by atoms with Gasteiger partial charge in [-0.3, -0.25) is 0 Å². The predicted molar refractivity (Wildman–Crippen MR) is 74.9 cm³/mol. The Bertz CT molecular complexity index is 371. The van der Waals surface area contributed by atoms with E-state index in [9.17, 15) is 0 Å². The van der Waals surface area contributed by atoms with E-state index in [-0.39, 0.29) is 0 Å². The minimum atomic E-state index is 0.612. The molecule has 1 fully saturated rings. The van der Waals surface area contributed by atoms with Crippen molar-refractivity contribution in [1.82, 2.24) is 10.2 Å². The number of likely N-dealkylation sites (tertiary alicyclic amines) is 1. The molecule has 0 spiro atoms. The molecule has 1 aliphatic heterocycles. The lowest BCUT2D eigenvalue weighted by molar-refractivity contribution is 0.326. The average molecular weight is 248 g/mol. The van der Waals surface area contributed by atoms with Crippen LogP contribution in [0.3, 0.4) is 0 Å². The van der Waals surface area contributed by atoms with Crippen LogP contribution in [-0.4, -0.2) is 37.2 Å². The topological polar surface area (TPSA) is 24.5 Å². The van der Waals surface area contributed by atoms with Crippen LogP contribution in [0.15, 0.2) is 24.3 Å². The van der Waals surface area contributed by atoms with Crippen molar-refractivity contribution in [3.8, 4) is 5.75 Å². The van der Waals surface area contributed by atoms with Gasteiger partial charge in [0, 0.05) is 25.2 Å². The Morgan fingerprint density at radius 2 is 2.28 bits per heavy atom. The molecule has 0 aliphatic carbocycles. The summed E-state index contributed by atoms with van der Waals surface area (Å²) in [5.41, 5.74) is 1.29. The number of benzene rings is 1.